The minimum atomic E-state index is -1.13. The number of para-hydroxylation sites is 1. The minimum Gasteiger partial charge on any atom is -0.448 e. The van der Waals surface area contributed by atoms with E-state index in [-0.39, 0.29) is 5.92 Å². The van der Waals surface area contributed by atoms with Crippen LogP contribution in [0.5, 0.6) is 0 Å². The molecule has 1 aromatic heterocycles. The molecule has 0 aliphatic carbocycles. The molecule has 2 rings (SSSR count). The Hall–Kier alpha value is -2.96. The summed E-state index contributed by atoms with van der Waals surface area (Å²) in [6, 6.07) is 6.28. The number of rotatable bonds is 5. The third-order valence-electron chi connectivity index (χ3n) is 4.12. The van der Waals surface area contributed by atoms with Crippen molar-refractivity contribution in [2.24, 2.45) is 11.7 Å². The SMILES string of the molecule is CCc1nc2ccccc2c(C(=O)O[C@@H](C(=O)NC(N)=O)C(C)C)c1C. The fourth-order valence-electron chi connectivity index (χ4n) is 2.82. The van der Waals surface area contributed by atoms with Crippen LogP contribution in [0.2, 0.25) is 0 Å². The fourth-order valence-corrected chi connectivity index (χ4v) is 2.82. The Kier molecular flexibility index (Phi) is 5.92. The topological polar surface area (TPSA) is 111 Å². The minimum absolute atomic E-state index is 0.336. The predicted molar refractivity (Wildman–Crippen MR) is 97.6 cm³/mol. The Morgan fingerprint density at radius 2 is 1.88 bits per heavy atom. The molecule has 0 saturated carbocycles. The molecule has 0 radical (unpaired) electrons. The molecule has 1 heterocycles. The number of hydrogen-bond donors (Lipinski definition) is 2. The van der Waals surface area contributed by atoms with Crippen LogP contribution in [0.1, 0.15) is 42.4 Å². The Bertz CT molecular complexity index is 861. The van der Waals surface area contributed by atoms with Gasteiger partial charge >= 0.3 is 12.0 Å². The molecule has 0 aliphatic heterocycles. The molecular formula is C19H23N3O4. The number of nitrogens with two attached hydrogens (primary N) is 1. The van der Waals surface area contributed by atoms with Crippen LogP contribution in [0.4, 0.5) is 4.79 Å². The number of esters is 1. The number of carbonyl (C=O) groups excluding carboxylic acids is 3. The number of amides is 3. The molecule has 0 unspecified atom stereocenters. The summed E-state index contributed by atoms with van der Waals surface area (Å²) >= 11 is 0. The molecule has 0 bridgehead atoms. The highest BCUT2D eigenvalue weighted by Gasteiger charge is 2.29. The lowest BCUT2D eigenvalue weighted by Crippen LogP contribution is -2.45. The van der Waals surface area contributed by atoms with Gasteiger partial charge < -0.3 is 10.5 Å². The van der Waals surface area contributed by atoms with Crippen molar-refractivity contribution in [1.29, 1.82) is 0 Å². The quantitative estimate of drug-likeness (QED) is 0.799. The van der Waals surface area contributed by atoms with Crippen molar-refractivity contribution in [3.8, 4) is 0 Å². The second-order valence-corrected chi connectivity index (χ2v) is 6.35. The van der Waals surface area contributed by atoms with E-state index in [1.54, 1.807) is 19.9 Å². The van der Waals surface area contributed by atoms with Crippen molar-refractivity contribution in [2.75, 3.05) is 0 Å². The van der Waals surface area contributed by atoms with Crippen LogP contribution in [-0.4, -0.2) is 29.0 Å². The summed E-state index contributed by atoms with van der Waals surface area (Å²) in [6.07, 6.45) is -0.474. The molecule has 0 fully saturated rings. The van der Waals surface area contributed by atoms with Gasteiger partial charge in [0.1, 0.15) is 0 Å². The normalized spacial score (nSPS) is 12.0. The number of fused-ring (bicyclic) bond motifs is 1. The van der Waals surface area contributed by atoms with E-state index in [0.29, 0.717) is 28.5 Å². The number of aryl methyl sites for hydroxylation is 1. The number of pyridine rings is 1. The molecule has 0 spiro atoms. The molecule has 138 valence electrons. The standard InChI is InChI=1S/C19H23N3O4/c1-5-13-11(4)15(12-8-6-7-9-14(12)21-13)18(24)26-16(10(2)3)17(23)22-19(20)25/h6-10,16H,5H2,1-4H3,(H3,20,22,23,25)/t16-/m1/s1. The van der Waals surface area contributed by atoms with Gasteiger partial charge in [0.05, 0.1) is 11.1 Å². The van der Waals surface area contributed by atoms with Gasteiger partial charge in [0.15, 0.2) is 6.10 Å². The molecule has 2 aromatic rings. The molecule has 7 heteroatoms. The second-order valence-electron chi connectivity index (χ2n) is 6.35. The molecule has 0 aliphatic rings. The molecule has 1 atom stereocenters. The maximum Gasteiger partial charge on any atom is 0.339 e. The van der Waals surface area contributed by atoms with Crippen molar-refractivity contribution in [3.63, 3.8) is 0 Å². The second kappa shape index (κ2) is 7.95. The number of urea groups is 1. The fraction of sp³-hybridized carbons (Fsp3) is 0.368. The first-order chi connectivity index (χ1) is 12.3. The first kappa shape index (κ1) is 19.4. The smallest absolute Gasteiger partial charge is 0.339 e. The number of ether oxygens (including phenoxy) is 1. The van der Waals surface area contributed by atoms with Crippen LogP contribution in [-0.2, 0) is 16.0 Å². The predicted octanol–water partition coefficient (Wildman–Crippen LogP) is 2.48. The maximum atomic E-state index is 12.9. The van der Waals surface area contributed by atoms with Crippen LogP contribution >= 0.6 is 0 Å². The number of nitrogens with one attached hydrogen (secondary N) is 1. The van der Waals surface area contributed by atoms with E-state index in [0.717, 1.165) is 5.69 Å². The average molecular weight is 357 g/mol. The average Bonchev–Trinajstić information content (AvgIpc) is 2.57. The van der Waals surface area contributed by atoms with E-state index in [9.17, 15) is 14.4 Å². The summed E-state index contributed by atoms with van der Waals surface area (Å²) in [7, 11) is 0. The van der Waals surface area contributed by atoms with E-state index in [1.165, 1.54) is 0 Å². The number of aromatic nitrogens is 1. The van der Waals surface area contributed by atoms with Crippen molar-refractivity contribution in [3.05, 3.63) is 41.1 Å². The number of nitrogens with zero attached hydrogens (tertiary/aromatic N) is 1. The van der Waals surface area contributed by atoms with Crippen LogP contribution < -0.4 is 11.1 Å². The zero-order chi connectivity index (χ0) is 19.4. The van der Waals surface area contributed by atoms with Crippen LogP contribution in [0.15, 0.2) is 24.3 Å². The van der Waals surface area contributed by atoms with Crippen molar-refractivity contribution < 1.29 is 19.1 Å². The zero-order valence-electron chi connectivity index (χ0n) is 15.3. The van der Waals surface area contributed by atoms with E-state index in [4.69, 9.17) is 10.5 Å². The van der Waals surface area contributed by atoms with Crippen molar-refractivity contribution in [1.82, 2.24) is 10.3 Å². The number of imide groups is 1. The first-order valence-corrected chi connectivity index (χ1v) is 8.45. The van der Waals surface area contributed by atoms with Crippen LogP contribution in [0.3, 0.4) is 0 Å². The van der Waals surface area contributed by atoms with E-state index >= 15 is 0 Å². The lowest BCUT2D eigenvalue weighted by atomic mass is 10.00. The van der Waals surface area contributed by atoms with Gasteiger partial charge in [0, 0.05) is 11.1 Å². The molecule has 7 nitrogen and oxygen atoms in total. The molecule has 1 aromatic carbocycles. The van der Waals surface area contributed by atoms with Gasteiger partial charge in [0.2, 0.25) is 0 Å². The number of primary amides is 1. The highest BCUT2D eigenvalue weighted by atomic mass is 16.5. The van der Waals surface area contributed by atoms with E-state index < -0.39 is 24.0 Å². The van der Waals surface area contributed by atoms with Gasteiger partial charge in [-0.3, -0.25) is 15.1 Å². The monoisotopic (exact) mass is 357 g/mol. The summed E-state index contributed by atoms with van der Waals surface area (Å²) < 4.78 is 5.46. The highest BCUT2D eigenvalue weighted by molar-refractivity contribution is 6.06. The van der Waals surface area contributed by atoms with Gasteiger partial charge in [-0.25, -0.2) is 9.59 Å². The summed E-state index contributed by atoms with van der Waals surface area (Å²) in [6.45, 7) is 7.19. The number of benzene rings is 1. The van der Waals surface area contributed by atoms with Crippen LogP contribution in [0.25, 0.3) is 10.9 Å². The Balaban J connectivity index is 2.46. The molecule has 26 heavy (non-hydrogen) atoms. The zero-order valence-corrected chi connectivity index (χ0v) is 15.3. The third-order valence-corrected chi connectivity index (χ3v) is 4.12. The number of hydrogen-bond acceptors (Lipinski definition) is 5. The van der Waals surface area contributed by atoms with Crippen molar-refractivity contribution >= 4 is 28.8 Å². The van der Waals surface area contributed by atoms with Gasteiger partial charge in [-0.05, 0) is 30.9 Å². The number of carbonyl (C=O) groups is 3. The Labute approximate surface area is 151 Å². The van der Waals surface area contributed by atoms with E-state index in [1.807, 2.05) is 37.4 Å². The van der Waals surface area contributed by atoms with Gasteiger partial charge in [-0.1, -0.05) is 39.0 Å². The first-order valence-electron chi connectivity index (χ1n) is 8.45. The van der Waals surface area contributed by atoms with E-state index in [2.05, 4.69) is 4.98 Å². The third kappa shape index (κ3) is 3.99. The lowest BCUT2D eigenvalue weighted by Gasteiger charge is -2.21. The van der Waals surface area contributed by atoms with Crippen LogP contribution in [0, 0.1) is 12.8 Å². The van der Waals surface area contributed by atoms with Gasteiger partial charge in [0.25, 0.3) is 5.91 Å². The molecule has 3 N–H and O–H groups in total. The summed E-state index contributed by atoms with van der Waals surface area (Å²) in [5.74, 6) is -1.71. The summed E-state index contributed by atoms with van der Waals surface area (Å²) in [5.41, 5.74) is 7.56. The summed E-state index contributed by atoms with van der Waals surface area (Å²) in [4.78, 5) is 40.6. The molecular weight excluding hydrogens is 334 g/mol. The lowest BCUT2D eigenvalue weighted by molar-refractivity contribution is -0.130. The molecule has 3 amide bonds. The molecule has 0 saturated heterocycles. The Morgan fingerprint density at radius 3 is 2.46 bits per heavy atom. The van der Waals surface area contributed by atoms with Gasteiger partial charge in [-0.15, -0.1) is 0 Å². The largest absolute Gasteiger partial charge is 0.448 e. The highest BCUT2D eigenvalue weighted by Crippen LogP contribution is 2.25. The maximum absolute atomic E-state index is 12.9. The Morgan fingerprint density at radius 1 is 1.23 bits per heavy atom. The van der Waals surface area contributed by atoms with Gasteiger partial charge in [-0.2, -0.15) is 0 Å². The van der Waals surface area contributed by atoms with Crippen molar-refractivity contribution in [2.45, 2.75) is 40.2 Å². The summed E-state index contributed by atoms with van der Waals surface area (Å²) in [5, 5.41) is 2.62.